The molecule has 2 N–H and O–H groups in total. The van der Waals surface area contributed by atoms with Crippen molar-refractivity contribution >= 4 is 23.0 Å². The lowest BCUT2D eigenvalue weighted by atomic mass is 9.93. The molecule has 2 aromatic carbocycles. The van der Waals surface area contributed by atoms with Gasteiger partial charge in [0.1, 0.15) is 5.75 Å². The Morgan fingerprint density at radius 1 is 1.31 bits per heavy atom. The Morgan fingerprint density at radius 3 is 3.03 bits per heavy atom. The molecule has 0 bridgehead atoms. The van der Waals surface area contributed by atoms with Gasteiger partial charge in [0.15, 0.2) is 6.61 Å². The van der Waals surface area contributed by atoms with Crippen LogP contribution in [0.2, 0.25) is 0 Å². The summed E-state index contributed by atoms with van der Waals surface area (Å²) >= 11 is 0. The van der Waals surface area contributed by atoms with Crippen LogP contribution in [0.15, 0.2) is 47.7 Å². The Kier molecular flexibility index (Phi) is 5.62. The Balaban J connectivity index is 1.38. The van der Waals surface area contributed by atoms with E-state index in [-0.39, 0.29) is 12.5 Å². The van der Waals surface area contributed by atoms with E-state index < -0.39 is 0 Å². The van der Waals surface area contributed by atoms with Gasteiger partial charge in [-0.2, -0.15) is 5.10 Å². The van der Waals surface area contributed by atoms with E-state index in [1.165, 1.54) is 5.56 Å². The number of nitrogens with one attached hydrogen (secondary N) is 2. The minimum Gasteiger partial charge on any atom is -0.483 e. The van der Waals surface area contributed by atoms with Crippen LogP contribution in [0, 0.1) is 13.8 Å². The van der Waals surface area contributed by atoms with Crippen LogP contribution < -0.4 is 10.2 Å². The molecule has 1 saturated heterocycles. The quantitative estimate of drug-likeness (QED) is 0.495. The number of carbonyl (C=O) groups excluding carboxylic acids is 1. The number of ether oxygens (including phenoxy) is 2. The zero-order valence-electron chi connectivity index (χ0n) is 16.7. The van der Waals surface area contributed by atoms with E-state index in [0.29, 0.717) is 12.5 Å². The number of amides is 1. The molecule has 3 aromatic rings. The Morgan fingerprint density at radius 2 is 2.21 bits per heavy atom. The number of hydrazone groups is 1. The Labute approximate surface area is 169 Å². The summed E-state index contributed by atoms with van der Waals surface area (Å²) in [6, 6.07) is 12.2. The molecule has 0 saturated carbocycles. The third-order valence-corrected chi connectivity index (χ3v) is 5.15. The van der Waals surface area contributed by atoms with Gasteiger partial charge in [0.25, 0.3) is 5.91 Å². The second-order valence-corrected chi connectivity index (χ2v) is 7.47. The van der Waals surface area contributed by atoms with Crippen LogP contribution in [0.25, 0.3) is 10.9 Å². The fourth-order valence-corrected chi connectivity index (χ4v) is 3.76. The van der Waals surface area contributed by atoms with Crippen molar-refractivity contribution in [1.29, 1.82) is 0 Å². The van der Waals surface area contributed by atoms with E-state index in [1.807, 2.05) is 37.4 Å². The predicted molar refractivity (Wildman–Crippen MR) is 114 cm³/mol. The highest BCUT2D eigenvalue weighted by Gasteiger charge is 2.23. The first kappa shape index (κ1) is 19.2. The number of carbonyl (C=O) groups is 1. The van der Waals surface area contributed by atoms with E-state index in [1.54, 1.807) is 6.21 Å². The molecule has 6 heteroatoms. The molecular formula is C23H25N3O3. The maximum absolute atomic E-state index is 12.2. The number of aryl methyl sites for hydroxylation is 2. The molecule has 29 heavy (non-hydrogen) atoms. The lowest BCUT2D eigenvalue weighted by Gasteiger charge is -2.18. The highest BCUT2D eigenvalue weighted by atomic mass is 16.5. The third-order valence-electron chi connectivity index (χ3n) is 5.15. The van der Waals surface area contributed by atoms with E-state index in [2.05, 4.69) is 34.6 Å². The first-order chi connectivity index (χ1) is 14.1. The second kappa shape index (κ2) is 8.49. The van der Waals surface area contributed by atoms with Gasteiger partial charge in [0, 0.05) is 29.8 Å². The number of benzene rings is 2. The summed E-state index contributed by atoms with van der Waals surface area (Å²) in [5, 5.41) is 5.18. The molecular weight excluding hydrogens is 366 g/mol. The standard InChI is InChI=1S/C23H25N3O3/c1-15-9-16(2)23(20(10-15)19-6-8-28-13-19)29-14-22(27)26-25-12-17-3-4-18-5-7-24-21(18)11-17/h3-5,7,9-12,19,24H,6,8,13-14H2,1-2H3,(H,26,27)/b25-12+. The summed E-state index contributed by atoms with van der Waals surface area (Å²) in [6.07, 6.45) is 4.49. The van der Waals surface area contributed by atoms with E-state index in [0.717, 1.165) is 46.4 Å². The van der Waals surface area contributed by atoms with Crippen LogP contribution in [0.1, 0.15) is 34.6 Å². The van der Waals surface area contributed by atoms with Crippen molar-refractivity contribution in [3.05, 3.63) is 64.8 Å². The summed E-state index contributed by atoms with van der Waals surface area (Å²) in [5.41, 5.74) is 7.80. The van der Waals surface area contributed by atoms with Crippen molar-refractivity contribution in [2.45, 2.75) is 26.2 Å². The van der Waals surface area contributed by atoms with Crippen LogP contribution >= 0.6 is 0 Å². The second-order valence-electron chi connectivity index (χ2n) is 7.47. The minimum atomic E-state index is -0.296. The number of nitrogens with zero attached hydrogens (tertiary/aromatic N) is 1. The first-order valence-electron chi connectivity index (χ1n) is 9.81. The van der Waals surface area contributed by atoms with E-state index >= 15 is 0 Å². The fourth-order valence-electron chi connectivity index (χ4n) is 3.76. The summed E-state index contributed by atoms with van der Waals surface area (Å²) < 4.78 is 11.4. The number of hydrogen-bond donors (Lipinski definition) is 2. The van der Waals surface area contributed by atoms with Crippen molar-refractivity contribution in [2.75, 3.05) is 19.8 Å². The SMILES string of the molecule is Cc1cc(C)c(OCC(=O)N/N=C/c2ccc3cc[nH]c3c2)c(C2CCOC2)c1. The van der Waals surface area contributed by atoms with E-state index in [9.17, 15) is 4.79 Å². The van der Waals surface area contributed by atoms with Crippen LogP contribution in [0.5, 0.6) is 5.75 Å². The monoisotopic (exact) mass is 391 g/mol. The van der Waals surface area contributed by atoms with Gasteiger partial charge in [-0.05, 0) is 48.9 Å². The largest absolute Gasteiger partial charge is 0.483 e. The molecule has 1 atom stereocenters. The molecule has 0 spiro atoms. The third kappa shape index (κ3) is 4.49. The molecule has 150 valence electrons. The summed E-state index contributed by atoms with van der Waals surface area (Å²) in [7, 11) is 0. The minimum absolute atomic E-state index is 0.0858. The molecule has 2 heterocycles. The average Bonchev–Trinajstić information content (AvgIpc) is 3.38. The van der Waals surface area contributed by atoms with Crippen LogP contribution in [0.4, 0.5) is 0 Å². The summed E-state index contributed by atoms with van der Waals surface area (Å²) in [5.74, 6) is 0.797. The van der Waals surface area contributed by atoms with Gasteiger partial charge in [0.2, 0.25) is 0 Å². The van der Waals surface area contributed by atoms with Gasteiger partial charge >= 0.3 is 0 Å². The van der Waals surface area contributed by atoms with Gasteiger partial charge in [-0.25, -0.2) is 5.43 Å². The highest BCUT2D eigenvalue weighted by molar-refractivity contribution is 5.89. The van der Waals surface area contributed by atoms with Gasteiger partial charge in [0.05, 0.1) is 12.8 Å². The fraction of sp³-hybridized carbons (Fsp3) is 0.304. The Bertz CT molecular complexity index is 1050. The topological polar surface area (TPSA) is 75.7 Å². The summed E-state index contributed by atoms with van der Waals surface area (Å²) in [6.45, 7) is 5.45. The Hall–Kier alpha value is -3.12. The molecule has 1 aliphatic heterocycles. The molecule has 0 aliphatic carbocycles. The number of H-pyrrole nitrogens is 1. The first-order valence-corrected chi connectivity index (χ1v) is 9.81. The zero-order chi connectivity index (χ0) is 20.2. The summed E-state index contributed by atoms with van der Waals surface area (Å²) in [4.78, 5) is 15.4. The molecule has 1 aromatic heterocycles. The van der Waals surface area contributed by atoms with Crippen LogP contribution in [-0.4, -0.2) is 36.9 Å². The molecule has 6 nitrogen and oxygen atoms in total. The number of aromatic nitrogens is 1. The normalized spacial score (nSPS) is 16.6. The van der Waals surface area contributed by atoms with Gasteiger partial charge in [-0.15, -0.1) is 0 Å². The molecule has 0 radical (unpaired) electrons. The van der Waals surface area contributed by atoms with Crippen LogP contribution in [0.3, 0.4) is 0 Å². The molecule has 1 fully saturated rings. The van der Waals surface area contributed by atoms with Crippen molar-refractivity contribution in [1.82, 2.24) is 10.4 Å². The smallest absolute Gasteiger partial charge is 0.277 e. The molecule has 4 rings (SSSR count). The van der Waals surface area contributed by atoms with Crippen molar-refractivity contribution < 1.29 is 14.3 Å². The number of hydrogen-bond acceptors (Lipinski definition) is 4. The van der Waals surface area contributed by atoms with Crippen molar-refractivity contribution in [2.24, 2.45) is 5.10 Å². The van der Waals surface area contributed by atoms with E-state index in [4.69, 9.17) is 9.47 Å². The van der Waals surface area contributed by atoms with Gasteiger partial charge in [-0.3, -0.25) is 4.79 Å². The predicted octanol–water partition coefficient (Wildman–Crippen LogP) is 3.82. The lowest BCUT2D eigenvalue weighted by Crippen LogP contribution is -2.25. The van der Waals surface area contributed by atoms with Crippen molar-refractivity contribution in [3.63, 3.8) is 0 Å². The maximum Gasteiger partial charge on any atom is 0.277 e. The molecule has 1 aliphatic rings. The molecule has 1 unspecified atom stereocenters. The maximum atomic E-state index is 12.2. The average molecular weight is 391 g/mol. The number of fused-ring (bicyclic) bond motifs is 1. The molecule has 1 amide bonds. The highest BCUT2D eigenvalue weighted by Crippen LogP contribution is 2.35. The van der Waals surface area contributed by atoms with Gasteiger partial charge < -0.3 is 14.5 Å². The van der Waals surface area contributed by atoms with Crippen LogP contribution in [-0.2, 0) is 9.53 Å². The van der Waals surface area contributed by atoms with Gasteiger partial charge in [-0.1, -0.05) is 29.8 Å². The van der Waals surface area contributed by atoms with Crippen molar-refractivity contribution in [3.8, 4) is 5.75 Å². The number of rotatable bonds is 6. The zero-order valence-corrected chi connectivity index (χ0v) is 16.7. The number of aromatic amines is 1. The lowest BCUT2D eigenvalue weighted by molar-refractivity contribution is -0.123.